The average molecular weight is 234 g/mol. The molecule has 0 fully saturated rings. The van der Waals surface area contributed by atoms with E-state index in [4.69, 9.17) is 0 Å². The van der Waals surface area contributed by atoms with Crippen molar-refractivity contribution >= 4 is 11.8 Å². The molecule has 92 valence electrons. The van der Waals surface area contributed by atoms with Gasteiger partial charge < -0.3 is 4.74 Å². The van der Waals surface area contributed by atoms with Gasteiger partial charge in [0.15, 0.2) is 0 Å². The Hall–Kier alpha value is -1.64. The van der Waals surface area contributed by atoms with E-state index in [1.165, 1.54) is 19.6 Å². The molecule has 3 heteroatoms. The smallest absolute Gasteiger partial charge is 0.316 e. The molecule has 0 aromatic heterocycles. The maximum atomic E-state index is 11.4. The van der Waals surface area contributed by atoms with Crippen LogP contribution in [0.2, 0.25) is 0 Å². The highest BCUT2D eigenvalue weighted by Gasteiger charge is 2.23. The normalized spacial score (nSPS) is 11.9. The highest BCUT2D eigenvalue weighted by Crippen LogP contribution is 2.13. The molecule has 0 amide bonds. The van der Waals surface area contributed by atoms with Crippen LogP contribution in [-0.2, 0) is 20.7 Å². The van der Waals surface area contributed by atoms with Crippen molar-refractivity contribution in [2.24, 2.45) is 5.92 Å². The van der Waals surface area contributed by atoms with Gasteiger partial charge in [0.25, 0.3) is 0 Å². The van der Waals surface area contributed by atoms with E-state index in [0.717, 1.165) is 12.8 Å². The first kappa shape index (κ1) is 13.4. The minimum atomic E-state index is -0.608. The van der Waals surface area contributed by atoms with Crippen molar-refractivity contribution in [1.82, 2.24) is 0 Å². The van der Waals surface area contributed by atoms with E-state index in [1.54, 1.807) is 0 Å². The number of methoxy groups -OCH3 is 1. The molecule has 0 aliphatic carbocycles. The fourth-order valence-electron chi connectivity index (χ4n) is 1.78. The second-order valence-electron chi connectivity index (χ2n) is 4.06. The quantitative estimate of drug-likeness (QED) is 0.560. The Bertz CT molecular complexity index is 370. The monoisotopic (exact) mass is 234 g/mol. The van der Waals surface area contributed by atoms with Crippen molar-refractivity contribution < 1.29 is 14.3 Å². The topological polar surface area (TPSA) is 43.4 Å². The number of carbonyl (C=O) groups excluding carboxylic acids is 2. The number of ketones is 1. The van der Waals surface area contributed by atoms with Gasteiger partial charge in [0.05, 0.1) is 7.11 Å². The molecule has 0 aliphatic heterocycles. The number of hydrogen-bond donors (Lipinski definition) is 0. The molecule has 0 N–H and O–H groups in total. The van der Waals surface area contributed by atoms with Crippen molar-refractivity contribution in [2.45, 2.75) is 26.2 Å². The van der Waals surface area contributed by atoms with E-state index in [2.05, 4.69) is 4.74 Å². The van der Waals surface area contributed by atoms with Crippen LogP contribution in [0.3, 0.4) is 0 Å². The van der Waals surface area contributed by atoms with Crippen LogP contribution in [0, 0.1) is 5.92 Å². The Kier molecular flexibility index (Phi) is 5.40. The van der Waals surface area contributed by atoms with Crippen molar-refractivity contribution in [3.05, 3.63) is 35.9 Å². The summed E-state index contributed by atoms with van der Waals surface area (Å²) in [6.45, 7) is 1.43. The number of benzene rings is 1. The molecule has 3 nitrogen and oxygen atoms in total. The largest absolute Gasteiger partial charge is 0.468 e. The molecule has 0 bridgehead atoms. The van der Waals surface area contributed by atoms with Crippen molar-refractivity contribution in [3.63, 3.8) is 0 Å². The maximum Gasteiger partial charge on any atom is 0.316 e. The second kappa shape index (κ2) is 6.84. The number of hydrogen-bond acceptors (Lipinski definition) is 3. The van der Waals surface area contributed by atoms with Gasteiger partial charge in [-0.1, -0.05) is 30.3 Å². The summed E-state index contributed by atoms with van der Waals surface area (Å²) in [5.41, 5.74) is 1.22. The first-order valence-electron chi connectivity index (χ1n) is 5.77. The lowest BCUT2D eigenvalue weighted by molar-refractivity contribution is -0.149. The Morgan fingerprint density at radius 1 is 1.24 bits per heavy atom. The first-order valence-corrected chi connectivity index (χ1v) is 5.77. The van der Waals surface area contributed by atoms with Crippen LogP contribution in [0.5, 0.6) is 0 Å². The number of carbonyl (C=O) groups is 2. The van der Waals surface area contributed by atoms with Crippen molar-refractivity contribution in [1.29, 1.82) is 0 Å². The Balaban J connectivity index is 2.43. The molecule has 0 radical (unpaired) electrons. The molecule has 1 atom stereocenters. The predicted octanol–water partition coefficient (Wildman–Crippen LogP) is 2.39. The third-order valence-electron chi connectivity index (χ3n) is 2.78. The summed E-state index contributed by atoms with van der Waals surface area (Å²) in [5.74, 6) is -1.15. The highest BCUT2D eigenvalue weighted by molar-refractivity contribution is 5.97. The van der Waals surface area contributed by atoms with Crippen LogP contribution >= 0.6 is 0 Å². The molecule has 0 saturated carbocycles. The van der Waals surface area contributed by atoms with E-state index in [9.17, 15) is 9.59 Å². The van der Waals surface area contributed by atoms with E-state index in [1.807, 2.05) is 30.3 Å². The summed E-state index contributed by atoms with van der Waals surface area (Å²) in [6, 6.07) is 10.0. The van der Waals surface area contributed by atoms with Gasteiger partial charge in [-0.2, -0.15) is 0 Å². The summed E-state index contributed by atoms with van der Waals surface area (Å²) in [7, 11) is 1.31. The van der Waals surface area contributed by atoms with E-state index >= 15 is 0 Å². The average Bonchev–Trinajstić information content (AvgIpc) is 2.34. The van der Waals surface area contributed by atoms with Gasteiger partial charge in [-0.25, -0.2) is 0 Å². The predicted molar refractivity (Wildman–Crippen MR) is 65.6 cm³/mol. The minimum Gasteiger partial charge on any atom is -0.468 e. The van der Waals surface area contributed by atoms with Crippen molar-refractivity contribution in [3.8, 4) is 0 Å². The molecule has 1 aromatic carbocycles. The third-order valence-corrected chi connectivity index (χ3v) is 2.78. The zero-order valence-electron chi connectivity index (χ0n) is 10.3. The molecule has 1 rings (SSSR count). The van der Waals surface area contributed by atoms with Crippen LogP contribution < -0.4 is 0 Å². The highest BCUT2D eigenvalue weighted by atomic mass is 16.5. The zero-order valence-corrected chi connectivity index (χ0v) is 10.3. The summed E-state index contributed by atoms with van der Waals surface area (Å²) in [4.78, 5) is 22.6. The van der Waals surface area contributed by atoms with Gasteiger partial charge in [0.2, 0.25) is 0 Å². The molecule has 1 aromatic rings. The van der Waals surface area contributed by atoms with Crippen LogP contribution in [0.25, 0.3) is 0 Å². The molecular formula is C14H18O3. The lowest BCUT2D eigenvalue weighted by Crippen LogP contribution is -2.23. The van der Waals surface area contributed by atoms with Crippen LogP contribution in [0.4, 0.5) is 0 Å². The van der Waals surface area contributed by atoms with E-state index < -0.39 is 11.9 Å². The molecule has 0 heterocycles. The lowest BCUT2D eigenvalue weighted by Gasteiger charge is -2.10. The van der Waals surface area contributed by atoms with Gasteiger partial charge in [0.1, 0.15) is 11.7 Å². The maximum absolute atomic E-state index is 11.4. The molecular weight excluding hydrogens is 216 g/mol. The fraction of sp³-hybridized carbons (Fsp3) is 0.429. The molecule has 0 saturated heterocycles. The van der Waals surface area contributed by atoms with Gasteiger partial charge in [0, 0.05) is 0 Å². The van der Waals surface area contributed by atoms with Crippen LogP contribution in [0.15, 0.2) is 30.3 Å². The number of ether oxygens (including phenoxy) is 1. The number of aryl methyl sites for hydroxylation is 1. The van der Waals surface area contributed by atoms with Gasteiger partial charge in [-0.3, -0.25) is 9.59 Å². The minimum absolute atomic E-state index is 0.120. The molecule has 0 unspecified atom stereocenters. The zero-order chi connectivity index (χ0) is 12.7. The van der Waals surface area contributed by atoms with Gasteiger partial charge in [-0.05, 0) is 31.7 Å². The number of Topliss-reactive ketones (excluding diaryl/α,β-unsaturated/α-hetero) is 1. The SMILES string of the molecule is COC(=O)[C@@H](CCCc1ccccc1)C(C)=O. The van der Waals surface area contributed by atoms with Gasteiger partial charge in [-0.15, -0.1) is 0 Å². The first-order chi connectivity index (χ1) is 8.15. The summed E-state index contributed by atoms with van der Waals surface area (Å²) in [5, 5.41) is 0. The Morgan fingerprint density at radius 2 is 1.88 bits per heavy atom. The molecule has 0 spiro atoms. The lowest BCUT2D eigenvalue weighted by atomic mass is 9.96. The van der Waals surface area contributed by atoms with E-state index in [0.29, 0.717) is 6.42 Å². The van der Waals surface area contributed by atoms with E-state index in [-0.39, 0.29) is 5.78 Å². The number of rotatable bonds is 6. The Labute approximate surface area is 102 Å². The van der Waals surface area contributed by atoms with Crippen LogP contribution in [0.1, 0.15) is 25.3 Å². The standard InChI is InChI=1S/C14H18O3/c1-11(15)13(14(16)17-2)10-6-9-12-7-4-3-5-8-12/h3-5,7-8,13H,6,9-10H2,1-2H3/t13-/m0/s1. The Morgan fingerprint density at radius 3 is 2.41 bits per heavy atom. The van der Waals surface area contributed by atoms with Crippen LogP contribution in [-0.4, -0.2) is 18.9 Å². The summed E-state index contributed by atoms with van der Waals surface area (Å²) >= 11 is 0. The fourth-order valence-corrected chi connectivity index (χ4v) is 1.78. The molecule has 0 aliphatic rings. The summed E-state index contributed by atoms with van der Waals surface area (Å²) < 4.78 is 4.62. The second-order valence-corrected chi connectivity index (χ2v) is 4.06. The third kappa shape index (κ3) is 4.39. The van der Waals surface area contributed by atoms with Gasteiger partial charge >= 0.3 is 5.97 Å². The number of esters is 1. The molecule has 17 heavy (non-hydrogen) atoms. The van der Waals surface area contributed by atoms with Crippen molar-refractivity contribution in [2.75, 3.05) is 7.11 Å². The summed E-state index contributed by atoms with van der Waals surface area (Å²) in [6.07, 6.45) is 2.24.